The highest BCUT2D eigenvalue weighted by atomic mass is 35.5. The number of phenols is 1. The van der Waals surface area contributed by atoms with Crippen molar-refractivity contribution in [1.29, 1.82) is 0 Å². The number of nitrogens with one attached hydrogen (secondary N) is 2. The number of hydrogen-bond acceptors (Lipinski definition) is 3. The van der Waals surface area contributed by atoms with Gasteiger partial charge in [-0.05, 0) is 31.2 Å². The first-order chi connectivity index (χ1) is 10.1. The zero-order chi connectivity index (χ0) is 14.8. The van der Waals surface area contributed by atoms with Gasteiger partial charge in [-0.25, -0.2) is 4.98 Å². The molecule has 5 heteroatoms. The van der Waals surface area contributed by atoms with Gasteiger partial charge in [0.05, 0.1) is 17.1 Å². The number of hydrogen-bond donors (Lipinski definition) is 3. The summed E-state index contributed by atoms with van der Waals surface area (Å²) in [6.07, 6.45) is 0. The summed E-state index contributed by atoms with van der Waals surface area (Å²) in [5.74, 6) is 1.15. The number of halogens is 1. The molecule has 0 saturated heterocycles. The van der Waals surface area contributed by atoms with Crippen LogP contribution < -0.4 is 5.32 Å². The molecule has 0 aliphatic heterocycles. The smallest absolute Gasteiger partial charge is 0.124 e. The number of para-hydroxylation sites is 1. The molecule has 2 aromatic carbocycles. The molecule has 0 aliphatic carbocycles. The van der Waals surface area contributed by atoms with E-state index in [2.05, 4.69) is 15.3 Å². The van der Waals surface area contributed by atoms with Crippen LogP contribution in [0.3, 0.4) is 0 Å². The summed E-state index contributed by atoms with van der Waals surface area (Å²) < 4.78 is 0. The van der Waals surface area contributed by atoms with Crippen LogP contribution in [0.2, 0.25) is 5.02 Å². The van der Waals surface area contributed by atoms with E-state index < -0.39 is 0 Å². The highest BCUT2D eigenvalue weighted by molar-refractivity contribution is 6.31. The summed E-state index contributed by atoms with van der Waals surface area (Å²) >= 11 is 5.97. The molecule has 0 fully saturated rings. The van der Waals surface area contributed by atoms with Gasteiger partial charge in [0, 0.05) is 17.1 Å². The van der Waals surface area contributed by atoms with Gasteiger partial charge in [0.25, 0.3) is 0 Å². The average Bonchev–Trinajstić information content (AvgIpc) is 2.89. The van der Waals surface area contributed by atoms with Crippen molar-refractivity contribution < 1.29 is 5.11 Å². The summed E-state index contributed by atoms with van der Waals surface area (Å²) in [4.78, 5) is 7.82. The molecule has 3 aromatic rings. The number of fused-ring (bicyclic) bond motifs is 1. The summed E-state index contributed by atoms with van der Waals surface area (Å²) in [5.41, 5.74) is 2.68. The van der Waals surface area contributed by atoms with E-state index in [-0.39, 0.29) is 6.04 Å². The second-order valence-corrected chi connectivity index (χ2v) is 5.45. The van der Waals surface area contributed by atoms with E-state index >= 15 is 0 Å². The van der Waals surface area contributed by atoms with Gasteiger partial charge < -0.3 is 15.4 Å². The molecule has 21 heavy (non-hydrogen) atoms. The molecule has 3 N–H and O–H groups in total. The second kappa shape index (κ2) is 5.76. The van der Waals surface area contributed by atoms with Crippen molar-refractivity contribution >= 4 is 22.6 Å². The van der Waals surface area contributed by atoms with Crippen molar-refractivity contribution in [2.75, 3.05) is 0 Å². The molecule has 3 rings (SSSR count). The van der Waals surface area contributed by atoms with Gasteiger partial charge in [0.1, 0.15) is 11.6 Å². The zero-order valence-corrected chi connectivity index (χ0v) is 12.4. The molecule has 1 aromatic heterocycles. The largest absolute Gasteiger partial charge is 0.508 e. The van der Waals surface area contributed by atoms with Crippen molar-refractivity contribution in [3.63, 3.8) is 0 Å². The van der Waals surface area contributed by atoms with E-state index in [1.165, 1.54) is 0 Å². The third kappa shape index (κ3) is 3.01. The normalized spacial score (nSPS) is 12.7. The Morgan fingerprint density at radius 2 is 2.10 bits per heavy atom. The Balaban J connectivity index is 1.75. The lowest BCUT2D eigenvalue weighted by Gasteiger charge is -2.12. The standard InChI is InChI=1S/C16H16ClN3O/c1-10(18-9-11-4-2-3-5-15(11)21)16-19-13-7-6-12(17)8-14(13)20-16/h2-8,10,18,21H,9H2,1H3,(H,19,20)/t10-/m1/s1. The minimum atomic E-state index is 0.0378. The van der Waals surface area contributed by atoms with Crippen LogP contribution in [0.1, 0.15) is 24.4 Å². The number of imidazole rings is 1. The van der Waals surface area contributed by atoms with Gasteiger partial charge in [-0.2, -0.15) is 0 Å². The predicted molar refractivity (Wildman–Crippen MR) is 84.5 cm³/mol. The molecule has 0 bridgehead atoms. The lowest BCUT2D eigenvalue weighted by Crippen LogP contribution is -2.19. The first kappa shape index (κ1) is 13.9. The first-order valence-corrected chi connectivity index (χ1v) is 7.16. The van der Waals surface area contributed by atoms with Crippen LogP contribution in [0, 0.1) is 0 Å². The predicted octanol–water partition coefficient (Wildman–Crippen LogP) is 3.77. The van der Waals surface area contributed by atoms with Gasteiger partial charge in [-0.15, -0.1) is 0 Å². The SMILES string of the molecule is C[C@@H](NCc1ccccc1O)c1nc2ccc(Cl)cc2[nH]1. The molecule has 0 radical (unpaired) electrons. The van der Waals surface area contributed by atoms with E-state index in [0.29, 0.717) is 17.3 Å². The number of phenolic OH excluding ortho intramolecular Hbond substituents is 1. The molecule has 1 heterocycles. The lowest BCUT2D eigenvalue weighted by atomic mass is 10.2. The van der Waals surface area contributed by atoms with Crippen molar-refractivity contribution in [2.24, 2.45) is 0 Å². The summed E-state index contributed by atoms with van der Waals surface area (Å²) in [5, 5.41) is 13.8. The number of nitrogens with zero attached hydrogens (tertiary/aromatic N) is 1. The molecule has 0 saturated carbocycles. The quantitative estimate of drug-likeness (QED) is 0.687. The Bertz CT molecular complexity index is 769. The second-order valence-electron chi connectivity index (χ2n) is 5.01. The Hall–Kier alpha value is -2.04. The Morgan fingerprint density at radius 3 is 2.90 bits per heavy atom. The number of aromatic amines is 1. The first-order valence-electron chi connectivity index (χ1n) is 6.79. The molecule has 0 amide bonds. The van der Waals surface area contributed by atoms with Gasteiger partial charge in [0.2, 0.25) is 0 Å². The van der Waals surface area contributed by atoms with Gasteiger partial charge in [-0.1, -0.05) is 29.8 Å². The zero-order valence-electron chi connectivity index (χ0n) is 11.6. The van der Waals surface area contributed by atoms with Crippen LogP contribution in [0.25, 0.3) is 11.0 Å². The Morgan fingerprint density at radius 1 is 1.29 bits per heavy atom. The van der Waals surface area contributed by atoms with Crippen LogP contribution in [0.5, 0.6) is 5.75 Å². The van der Waals surface area contributed by atoms with E-state index in [1.807, 2.05) is 43.3 Å². The topological polar surface area (TPSA) is 60.9 Å². The van der Waals surface area contributed by atoms with E-state index in [9.17, 15) is 5.11 Å². The molecular weight excluding hydrogens is 286 g/mol. The molecule has 0 aliphatic rings. The van der Waals surface area contributed by atoms with Crippen molar-refractivity contribution in [1.82, 2.24) is 15.3 Å². The van der Waals surface area contributed by atoms with E-state index in [4.69, 9.17) is 11.6 Å². The van der Waals surface area contributed by atoms with Gasteiger partial charge in [0.15, 0.2) is 0 Å². The van der Waals surface area contributed by atoms with Crippen LogP contribution in [0.15, 0.2) is 42.5 Å². The van der Waals surface area contributed by atoms with E-state index in [0.717, 1.165) is 22.4 Å². The van der Waals surface area contributed by atoms with E-state index in [1.54, 1.807) is 6.07 Å². The Kier molecular flexibility index (Phi) is 3.82. The molecule has 108 valence electrons. The molecule has 0 spiro atoms. The molecule has 0 unspecified atom stereocenters. The minimum absolute atomic E-state index is 0.0378. The average molecular weight is 302 g/mol. The fraction of sp³-hybridized carbons (Fsp3) is 0.188. The maximum absolute atomic E-state index is 9.76. The number of aromatic nitrogens is 2. The fourth-order valence-electron chi connectivity index (χ4n) is 2.23. The van der Waals surface area contributed by atoms with Crippen molar-refractivity contribution in [3.05, 3.63) is 58.9 Å². The number of aromatic hydroxyl groups is 1. The van der Waals surface area contributed by atoms with Crippen molar-refractivity contribution in [2.45, 2.75) is 19.5 Å². The number of benzene rings is 2. The lowest BCUT2D eigenvalue weighted by molar-refractivity contribution is 0.459. The maximum atomic E-state index is 9.76. The summed E-state index contributed by atoms with van der Waals surface area (Å²) in [6.45, 7) is 2.60. The van der Waals surface area contributed by atoms with Crippen LogP contribution >= 0.6 is 11.6 Å². The van der Waals surface area contributed by atoms with Gasteiger partial charge in [-0.3, -0.25) is 0 Å². The third-order valence-corrected chi connectivity index (χ3v) is 3.70. The molecular formula is C16H16ClN3O. The molecule has 1 atom stereocenters. The number of rotatable bonds is 4. The maximum Gasteiger partial charge on any atom is 0.124 e. The van der Waals surface area contributed by atoms with Crippen LogP contribution in [-0.2, 0) is 6.54 Å². The monoisotopic (exact) mass is 301 g/mol. The Labute approximate surface area is 127 Å². The summed E-state index contributed by atoms with van der Waals surface area (Å²) in [7, 11) is 0. The third-order valence-electron chi connectivity index (χ3n) is 3.46. The number of H-pyrrole nitrogens is 1. The van der Waals surface area contributed by atoms with Crippen LogP contribution in [-0.4, -0.2) is 15.1 Å². The highest BCUT2D eigenvalue weighted by Crippen LogP contribution is 2.21. The van der Waals surface area contributed by atoms with Gasteiger partial charge >= 0.3 is 0 Å². The van der Waals surface area contributed by atoms with Crippen LogP contribution in [0.4, 0.5) is 0 Å². The fourth-order valence-corrected chi connectivity index (χ4v) is 2.40. The summed E-state index contributed by atoms with van der Waals surface area (Å²) in [6, 6.07) is 12.9. The van der Waals surface area contributed by atoms with Crippen molar-refractivity contribution in [3.8, 4) is 5.75 Å². The highest BCUT2D eigenvalue weighted by Gasteiger charge is 2.11. The minimum Gasteiger partial charge on any atom is -0.508 e. The molecule has 4 nitrogen and oxygen atoms in total.